The van der Waals surface area contributed by atoms with Crippen molar-refractivity contribution >= 4 is 27.3 Å². The molecular formula is C16H14N2OS. The van der Waals surface area contributed by atoms with Gasteiger partial charge in [-0.1, -0.05) is 24.3 Å². The normalized spacial score (nSPS) is 10.7. The largest absolute Gasteiger partial charge is 0.497 e. The third-order valence-electron chi connectivity index (χ3n) is 3.23. The summed E-state index contributed by atoms with van der Waals surface area (Å²) in [6, 6.07) is 16.1. The van der Waals surface area contributed by atoms with Gasteiger partial charge in [-0.15, -0.1) is 11.3 Å². The maximum absolute atomic E-state index is 7.57. The zero-order valence-electron chi connectivity index (χ0n) is 11.0. The van der Waals surface area contributed by atoms with Gasteiger partial charge in [-0.25, -0.2) is 0 Å². The van der Waals surface area contributed by atoms with Crippen molar-refractivity contribution < 1.29 is 4.74 Å². The molecule has 0 radical (unpaired) electrons. The molecular weight excluding hydrogens is 268 g/mol. The lowest BCUT2D eigenvalue weighted by Gasteiger charge is -2.05. The maximum Gasteiger partial charge on any atom is 0.133 e. The number of benzene rings is 2. The Morgan fingerprint density at radius 3 is 2.55 bits per heavy atom. The van der Waals surface area contributed by atoms with Crippen molar-refractivity contribution in [1.82, 2.24) is 0 Å². The van der Waals surface area contributed by atoms with Crippen molar-refractivity contribution in [3.05, 3.63) is 53.4 Å². The van der Waals surface area contributed by atoms with Crippen molar-refractivity contribution in [2.75, 3.05) is 7.11 Å². The fourth-order valence-electron chi connectivity index (χ4n) is 2.22. The molecule has 0 aliphatic rings. The first-order chi connectivity index (χ1) is 9.69. The van der Waals surface area contributed by atoms with Gasteiger partial charge in [-0.2, -0.15) is 0 Å². The third kappa shape index (κ3) is 2.14. The molecule has 0 spiro atoms. The van der Waals surface area contributed by atoms with Crippen LogP contribution >= 0.6 is 11.3 Å². The Kier molecular flexibility index (Phi) is 3.16. The van der Waals surface area contributed by atoms with Crippen LogP contribution in [0.25, 0.3) is 21.2 Å². The van der Waals surface area contributed by atoms with Crippen LogP contribution in [0.2, 0.25) is 0 Å². The predicted molar refractivity (Wildman–Crippen MR) is 84.8 cm³/mol. The summed E-state index contributed by atoms with van der Waals surface area (Å²) in [5, 5.41) is 8.70. The van der Waals surface area contributed by atoms with E-state index in [9.17, 15) is 0 Å². The number of thiophene rings is 1. The molecule has 0 aliphatic carbocycles. The number of hydrogen-bond acceptors (Lipinski definition) is 3. The monoisotopic (exact) mass is 282 g/mol. The molecule has 0 unspecified atom stereocenters. The molecule has 0 aliphatic heterocycles. The predicted octanol–water partition coefficient (Wildman–Crippen LogP) is 3.86. The molecule has 0 saturated carbocycles. The summed E-state index contributed by atoms with van der Waals surface area (Å²) in [6.45, 7) is 0. The Bertz CT molecular complexity index is 775. The summed E-state index contributed by atoms with van der Waals surface area (Å²) < 4.78 is 6.33. The number of methoxy groups -OCH3 is 1. The van der Waals surface area contributed by atoms with E-state index in [0.29, 0.717) is 0 Å². The molecule has 100 valence electrons. The SMILES string of the molecule is COc1ccc(-c2cccc3sc(C(=N)N)cc23)cc1. The Balaban J connectivity index is 2.16. The van der Waals surface area contributed by atoms with E-state index in [-0.39, 0.29) is 5.84 Å². The van der Waals surface area contributed by atoms with Gasteiger partial charge < -0.3 is 10.5 Å². The van der Waals surface area contributed by atoms with Crippen LogP contribution in [0.4, 0.5) is 0 Å². The highest BCUT2D eigenvalue weighted by molar-refractivity contribution is 7.20. The minimum atomic E-state index is 0.117. The number of amidine groups is 1. The molecule has 0 saturated heterocycles. The average molecular weight is 282 g/mol. The molecule has 3 rings (SSSR count). The summed E-state index contributed by atoms with van der Waals surface area (Å²) in [5.74, 6) is 0.961. The summed E-state index contributed by atoms with van der Waals surface area (Å²) in [5.41, 5.74) is 7.86. The molecule has 3 N–H and O–H groups in total. The number of ether oxygens (including phenoxy) is 1. The number of nitrogens with one attached hydrogen (secondary N) is 1. The van der Waals surface area contributed by atoms with Crippen LogP contribution in [0.1, 0.15) is 4.88 Å². The van der Waals surface area contributed by atoms with Gasteiger partial charge >= 0.3 is 0 Å². The van der Waals surface area contributed by atoms with Crippen molar-refractivity contribution in [2.24, 2.45) is 5.73 Å². The van der Waals surface area contributed by atoms with Crippen LogP contribution in [-0.2, 0) is 0 Å². The van der Waals surface area contributed by atoms with Crippen molar-refractivity contribution in [3.63, 3.8) is 0 Å². The lowest BCUT2D eigenvalue weighted by molar-refractivity contribution is 0.415. The van der Waals surface area contributed by atoms with Crippen molar-refractivity contribution in [1.29, 1.82) is 5.41 Å². The minimum Gasteiger partial charge on any atom is -0.497 e. The summed E-state index contributed by atoms with van der Waals surface area (Å²) in [6.07, 6.45) is 0. The maximum atomic E-state index is 7.57. The smallest absolute Gasteiger partial charge is 0.133 e. The van der Waals surface area contributed by atoms with Crippen LogP contribution in [0.15, 0.2) is 48.5 Å². The van der Waals surface area contributed by atoms with E-state index in [2.05, 4.69) is 12.1 Å². The molecule has 4 heteroatoms. The van der Waals surface area contributed by atoms with Crippen LogP contribution < -0.4 is 10.5 Å². The number of hydrogen-bond donors (Lipinski definition) is 2. The highest BCUT2D eigenvalue weighted by atomic mass is 32.1. The summed E-state index contributed by atoms with van der Waals surface area (Å²) in [4.78, 5) is 0.806. The first-order valence-electron chi connectivity index (χ1n) is 6.20. The highest BCUT2D eigenvalue weighted by Crippen LogP contribution is 2.34. The van der Waals surface area contributed by atoms with Crippen molar-refractivity contribution in [3.8, 4) is 16.9 Å². The lowest BCUT2D eigenvalue weighted by atomic mass is 10.0. The first kappa shape index (κ1) is 12.7. The van der Waals surface area contributed by atoms with Gasteiger partial charge in [0.05, 0.1) is 12.0 Å². The molecule has 0 fully saturated rings. The van der Waals surface area contributed by atoms with Crippen LogP contribution in [0, 0.1) is 5.41 Å². The van der Waals surface area contributed by atoms with Crippen LogP contribution in [0.5, 0.6) is 5.75 Å². The molecule has 1 heterocycles. The average Bonchev–Trinajstić information content (AvgIpc) is 2.91. The molecule has 0 bridgehead atoms. The molecule has 0 atom stereocenters. The van der Waals surface area contributed by atoms with E-state index >= 15 is 0 Å². The summed E-state index contributed by atoms with van der Waals surface area (Å²) >= 11 is 1.55. The van der Waals surface area contributed by atoms with E-state index in [4.69, 9.17) is 15.9 Å². The highest BCUT2D eigenvalue weighted by Gasteiger charge is 2.09. The molecule has 2 aromatic carbocycles. The molecule has 0 amide bonds. The topological polar surface area (TPSA) is 59.1 Å². The van der Waals surface area contributed by atoms with E-state index in [1.807, 2.05) is 36.4 Å². The van der Waals surface area contributed by atoms with Gasteiger partial charge in [0.15, 0.2) is 0 Å². The van der Waals surface area contributed by atoms with E-state index in [1.54, 1.807) is 18.4 Å². The summed E-state index contributed by atoms with van der Waals surface area (Å²) in [7, 11) is 1.66. The van der Waals surface area contributed by atoms with Crippen LogP contribution in [0.3, 0.4) is 0 Å². The zero-order chi connectivity index (χ0) is 14.1. The zero-order valence-corrected chi connectivity index (χ0v) is 11.8. The van der Waals surface area contributed by atoms with Gasteiger partial charge in [0.2, 0.25) is 0 Å². The molecule has 20 heavy (non-hydrogen) atoms. The number of nitrogens with two attached hydrogens (primary N) is 1. The number of fused-ring (bicyclic) bond motifs is 1. The van der Waals surface area contributed by atoms with Crippen molar-refractivity contribution in [2.45, 2.75) is 0 Å². The van der Waals surface area contributed by atoms with Gasteiger partial charge in [-0.05, 0) is 35.4 Å². The van der Waals surface area contributed by atoms with Crippen LogP contribution in [-0.4, -0.2) is 12.9 Å². The van der Waals surface area contributed by atoms with Gasteiger partial charge in [0, 0.05) is 10.1 Å². The fraction of sp³-hybridized carbons (Fsp3) is 0.0625. The Labute approximate surface area is 121 Å². The van der Waals surface area contributed by atoms with Gasteiger partial charge in [-0.3, -0.25) is 5.41 Å². The van der Waals surface area contributed by atoms with E-state index < -0.39 is 0 Å². The molecule has 1 aromatic heterocycles. The first-order valence-corrected chi connectivity index (χ1v) is 7.02. The number of nitrogen functional groups attached to an aromatic ring is 1. The second-order valence-electron chi connectivity index (χ2n) is 4.47. The number of rotatable bonds is 3. The molecule has 3 aromatic rings. The second-order valence-corrected chi connectivity index (χ2v) is 5.55. The van der Waals surface area contributed by atoms with E-state index in [1.165, 1.54) is 0 Å². The Hall–Kier alpha value is -2.33. The van der Waals surface area contributed by atoms with Gasteiger partial charge in [0.25, 0.3) is 0 Å². The quantitative estimate of drug-likeness (QED) is 0.566. The standard InChI is InChI=1S/C16H14N2OS/c1-19-11-7-5-10(6-8-11)12-3-2-4-14-13(12)9-15(20-14)16(17)18/h2-9H,1H3,(H3,17,18). The fourth-order valence-corrected chi connectivity index (χ4v) is 3.17. The second kappa shape index (κ2) is 4.98. The van der Waals surface area contributed by atoms with Gasteiger partial charge in [0.1, 0.15) is 11.6 Å². The molecule has 3 nitrogen and oxygen atoms in total. The third-order valence-corrected chi connectivity index (χ3v) is 4.36. The lowest BCUT2D eigenvalue weighted by Crippen LogP contribution is -2.08. The Morgan fingerprint density at radius 2 is 1.90 bits per heavy atom. The minimum absolute atomic E-state index is 0.117. The Morgan fingerprint density at radius 1 is 1.15 bits per heavy atom. The van der Waals surface area contributed by atoms with E-state index in [0.717, 1.165) is 31.8 Å².